The number of benzene rings is 2. The minimum atomic E-state index is -0.915. The van der Waals surface area contributed by atoms with Crippen LogP contribution in [0.5, 0.6) is 0 Å². The standard InChI is InChI=1S/C29H30N8O3/c1-4-5-10-25-31-23-15-24(29(39)40-3)37(17-30)26(18(2)38)27(23)36(25)16-19-11-13-20(14-12-19)21-8-6-7-9-22(21)28-32-34-35-33-28/h6-9,11-14,24,26H,4-5,10,15-16H2,1-3H3,(H,32,33,34,35). The molecule has 1 N–H and O–H groups in total. The van der Waals surface area contributed by atoms with Crippen LogP contribution in [0, 0.1) is 11.5 Å². The fourth-order valence-electron chi connectivity index (χ4n) is 5.35. The Labute approximate surface area is 231 Å². The number of hydrogen-bond donors (Lipinski definition) is 1. The molecule has 0 saturated heterocycles. The maximum Gasteiger partial charge on any atom is 0.329 e. The van der Waals surface area contributed by atoms with E-state index in [1.54, 1.807) is 0 Å². The average Bonchev–Trinajstić information content (AvgIpc) is 3.63. The van der Waals surface area contributed by atoms with Crippen molar-refractivity contribution in [1.29, 1.82) is 5.26 Å². The van der Waals surface area contributed by atoms with Crippen LogP contribution in [-0.4, -0.2) is 60.0 Å². The smallest absolute Gasteiger partial charge is 0.329 e. The van der Waals surface area contributed by atoms with Crippen LogP contribution >= 0.6 is 0 Å². The highest BCUT2D eigenvalue weighted by Gasteiger charge is 2.44. The second-order valence-electron chi connectivity index (χ2n) is 9.79. The van der Waals surface area contributed by atoms with Gasteiger partial charge in [-0.05, 0) is 35.2 Å². The third-order valence-corrected chi connectivity index (χ3v) is 7.27. The minimum absolute atomic E-state index is 0.206. The Morgan fingerprint density at radius 1 is 1.15 bits per heavy atom. The molecule has 0 bridgehead atoms. The number of carbonyl (C=O) groups is 2. The Hall–Kier alpha value is -4.85. The molecule has 0 fully saturated rings. The lowest BCUT2D eigenvalue weighted by molar-refractivity contribution is -0.147. The number of Topliss-reactive ketones (excluding diaryl/α,β-unsaturated/α-hetero) is 1. The van der Waals surface area contributed by atoms with Gasteiger partial charge in [0.25, 0.3) is 0 Å². The summed E-state index contributed by atoms with van der Waals surface area (Å²) in [5.74, 6) is 0.578. The molecular weight excluding hydrogens is 508 g/mol. The van der Waals surface area contributed by atoms with Crippen LogP contribution in [0.25, 0.3) is 22.5 Å². The van der Waals surface area contributed by atoms with E-state index in [0.717, 1.165) is 47.3 Å². The van der Waals surface area contributed by atoms with Crippen LogP contribution in [0.1, 0.15) is 55.5 Å². The molecule has 1 aliphatic rings. The molecular formula is C29H30N8O3. The monoisotopic (exact) mass is 538 g/mol. The lowest BCUT2D eigenvalue weighted by atomic mass is 9.94. The van der Waals surface area contributed by atoms with Crippen molar-refractivity contribution in [3.8, 4) is 28.7 Å². The first-order chi connectivity index (χ1) is 19.5. The van der Waals surface area contributed by atoms with Crippen molar-refractivity contribution in [1.82, 2.24) is 35.1 Å². The molecule has 0 radical (unpaired) electrons. The van der Waals surface area contributed by atoms with Crippen LogP contribution in [0.4, 0.5) is 0 Å². The van der Waals surface area contributed by atoms with E-state index in [2.05, 4.69) is 38.3 Å². The van der Waals surface area contributed by atoms with E-state index in [-0.39, 0.29) is 12.2 Å². The largest absolute Gasteiger partial charge is 0.467 e. The summed E-state index contributed by atoms with van der Waals surface area (Å²) in [5, 5.41) is 24.4. The summed E-state index contributed by atoms with van der Waals surface area (Å²) in [5.41, 5.74) is 5.20. The van der Waals surface area contributed by atoms with Gasteiger partial charge in [0.05, 0.1) is 18.5 Å². The maximum absolute atomic E-state index is 12.9. The summed E-state index contributed by atoms with van der Waals surface area (Å²) in [6.45, 7) is 4.03. The van der Waals surface area contributed by atoms with Crippen LogP contribution in [0.3, 0.4) is 0 Å². The second-order valence-corrected chi connectivity index (χ2v) is 9.79. The minimum Gasteiger partial charge on any atom is -0.467 e. The molecule has 5 rings (SSSR count). The number of tetrazole rings is 1. The van der Waals surface area contributed by atoms with E-state index in [9.17, 15) is 14.9 Å². The van der Waals surface area contributed by atoms with Crippen molar-refractivity contribution in [2.24, 2.45) is 0 Å². The molecule has 4 aromatic rings. The van der Waals surface area contributed by atoms with Gasteiger partial charge in [0.1, 0.15) is 17.9 Å². The number of aromatic amines is 1. The molecule has 11 heteroatoms. The van der Waals surface area contributed by atoms with Gasteiger partial charge in [-0.15, -0.1) is 10.2 Å². The Balaban J connectivity index is 1.53. The van der Waals surface area contributed by atoms with E-state index in [1.807, 2.05) is 48.5 Å². The van der Waals surface area contributed by atoms with Crippen molar-refractivity contribution in [3.63, 3.8) is 0 Å². The number of aryl methyl sites for hydroxylation is 1. The van der Waals surface area contributed by atoms with Gasteiger partial charge in [-0.3, -0.25) is 9.69 Å². The van der Waals surface area contributed by atoms with E-state index in [1.165, 1.54) is 18.9 Å². The van der Waals surface area contributed by atoms with Gasteiger partial charge in [-0.25, -0.2) is 9.78 Å². The van der Waals surface area contributed by atoms with E-state index in [0.29, 0.717) is 23.8 Å². The molecule has 0 saturated carbocycles. The normalized spacial score (nSPS) is 16.3. The van der Waals surface area contributed by atoms with E-state index >= 15 is 0 Å². The van der Waals surface area contributed by atoms with E-state index in [4.69, 9.17) is 9.72 Å². The number of nitrogens with zero attached hydrogens (tertiary/aromatic N) is 7. The average molecular weight is 539 g/mol. The number of carbonyl (C=O) groups excluding carboxylic acids is 2. The molecule has 2 unspecified atom stereocenters. The molecule has 0 spiro atoms. The third-order valence-electron chi connectivity index (χ3n) is 7.27. The lowest BCUT2D eigenvalue weighted by Crippen LogP contribution is -2.48. The molecule has 1 aliphatic heterocycles. The zero-order valence-corrected chi connectivity index (χ0v) is 22.7. The number of hydrogen-bond acceptors (Lipinski definition) is 9. The molecule has 0 aliphatic carbocycles. The first kappa shape index (κ1) is 26.7. The highest BCUT2D eigenvalue weighted by Crippen LogP contribution is 2.36. The number of fused-ring (bicyclic) bond motifs is 1. The van der Waals surface area contributed by atoms with Crippen molar-refractivity contribution in [3.05, 3.63) is 71.3 Å². The van der Waals surface area contributed by atoms with E-state index < -0.39 is 18.1 Å². The highest BCUT2D eigenvalue weighted by atomic mass is 16.5. The number of aromatic nitrogens is 6. The second kappa shape index (κ2) is 11.5. The number of nitriles is 1. The van der Waals surface area contributed by atoms with Crippen LogP contribution in [0.15, 0.2) is 48.5 Å². The highest BCUT2D eigenvalue weighted by molar-refractivity contribution is 5.86. The fraction of sp³-hybridized carbons (Fsp3) is 0.345. The Bertz CT molecular complexity index is 1550. The number of methoxy groups -OCH3 is 1. The third kappa shape index (κ3) is 4.96. The number of imidazole rings is 1. The van der Waals surface area contributed by atoms with Gasteiger partial charge in [0.15, 0.2) is 12.0 Å². The number of ether oxygens (including phenoxy) is 1. The topological polar surface area (TPSA) is 143 Å². The number of nitrogens with one attached hydrogen (secondary N) is 1. The van der Waals surface area contributed by atoms with Gasteiger partial charge in [-0.2, -0.15) is 10.5 Å². The maximum atomic E-state index is 12.9. The zero-order valence-electron chi connectivity index (χ0n) is 22.7. The molecule has 3 heterocycles. The van der Waals surface area contributed by atoms with Crippen molar-refractivity contribution in [2.75, 3.05) is 7.11 Å². The number of unbranched alkanes of at least 4 members (excludes halogenated alkanes) is 1. The molecule has 204 valence electrons. The number of H-pyrrole nitrogens is 1. The van der Waals surface area contributed by atoms with Gasteiger partial charge >= 0.3 is 5.97 Å². The molecule has 40 heavy (non-hydrogen) atoms. The van der Waals surface area contributed by atoms with Crippen LogP contribution < -0.4 is 0 Å². The first-order valence-electron chi connectivity index (χ1n) is 13.2. The predicted molar refractivity (Wildman–Crippen MR) is 145 cm³/mol. The summed E-state index contributed by atoms with van der Waals surface area (Å²) in [4.78, 5) is 31.6. The van der Waals surface area contributed by atoms with Gasteiger partial charge < -0.3 is 9.30 Å². The SMILES string of the molecule is CCCCc1nc2c(n1Cc1ccc(-c3ccccc3-c3nn[nH]n3)cc1)C(C(C)=O)N(C#N)C(C(=O)OC)C2. The van der Waals surface area contributed by atoms with Crippen molar-refractivity contribution >= 4 is 11.8 Å². The predicted octanol–water partition coefficient (Wildman–Crippen LogP) is 3.63. The van der Waals surface area contributed by atoms with Crippen LogP contribution in [0.2, 0.25) is 0 Å². The Kier molecular flexibility index (Phi) is 7.68. The summed E-state index contributed by atoms with van der Waals surface area (Å²) in [6.07, 6.45) is 4.92. The Morgan fingerprint density at radius 2 is 1.90 bits per heavy atom. The summed E-state index contributed by atoms with van der Waals surface area (Å²) in [6, 6.07) is 14.2. The Morgan fingerprint density at radius 3 is 2.52 bits per heavy atom. The lowest BCUT2D eigenvalue weighted by Gasteiger charge is -2.35. The summed E-state index contributed by atoms with van der Waals surface area (Å²) in [7, 11) is 1.28. The van der Waals surface area contributed by atoms with Gasteiger partial charge in [-0.1, -0.05) is 61.9 Å². The van der Waals surface area contributed by atoms with Gasteiger partial charge in [0, 0.05) is 24.9 Å². The summed E-state index contributed by atoms with van der Waals surface area (Å²) >= 11 is 0. The van der Waals surface area contributed by atoms with Gasteiger partial charge in [0.2, 0.25) is 5.82 Å². The van der Waals surface area contributed by atoms with Crippen molar-refractivity contribution in [2.45, 2.75) is 58.2 Å². The van der Waals surface area contributed by atoms with Crippen LogP contribution in [-0.2, 0) is 33.7 Å². The molecule has 2 aromatic heterocycles. The van der Waals surface area contributed by atoms with Crippen molar-refractivity contribution < 1.29 is 14.3 Å². The summed E-state index contributed by atoms with van der Waals surface area (Å²) < 4.78 is 7.00. The number of ketones is 1. The fourth-order valence-corrected chi connectivity index (χ4v) is 5.35. The molecule has 2 aromatic carbocycles. The molecule has 11 nitrogen and oxygen atoms in total. The quantitative estimate of drug-likeness (QED) is 0.250. The number of rotatable bonds is 9. The zero-order chi connectivity index (χ0) is 28.2. The molecule has 2 atom stereocenters. The molecule has 0 amide bonds. The number of esters is 1. The first-order valence-corrected chi connectivity index (χ1v) is 13.2.